The van der Waals surface area contributed by atoms with E-state index in [1.54, 1.807) is 0 Å². The second kappa shape index (κ2) is 4.77. The number of hydrogen-bond donors (Lipinski definition) is 2. The standard InChI is InChI=1S/C16H21N3O2/c1-16(2,3)19-13-5-4-10(17)8-11(13)14(15(19)20)12-9-21-7-6-18-12/h4-5,8,20H,6-7,9,17H2,1-3H3. The molecule has 1 aliphatic heterocycles. The summed E-state index contributed by atoms with van der Waals surface area (Å²) < 4.78 is 7.41. The SMILES string of the molecule is CC(C)(C)n1c(O)c(C2=NCCOC2)c2cc(N)ccc21. The Hall–Kier alpha value is -2.01. The molecule has 1 aliphatic rings. The molecule has 1 aromatic heterocycles. The average Bonchev–Trinajstić information content (AvgIpc) is 2.70. The number of nitrogens with two attached hydrogens (primary N) is 1. The van der Waals surface area contributed by atoms with Crippen molar-refractivity contribution in [2.45, 2.75) is 26.3 Å². The summed E-state index contributed by atoms with van der Waals surface area (Å²) in [6.45, 7) is 7.86. The first-order valence-corrected chi connectivity index (χ1v) is 7.14. The van der Waals surface area contributed by atoms with Crippen LogP contribution < -0.4 is 5.73 Å². The van der Waals surface area contributed by atoms with Crippen LogP contribution >= 0.6 is 0 Å². The summed E-state index contributed by atoms with van der Waals surface area (Å²) in [5.41, 5.74) is 8.85. The van der Waals surface area contributed by atoms with Gasteiger partial charge in [-0.2, -0.15) is 0 Å². The Morgan fingerprint density at radius 1 is 1.33 bits per heavy atom. The summed E-state index contributed by atoms with van der Waals surface area (Å²) >= 11 is 0. The number of aromatic hydroxyl groups is 1. The van der Waals surface area contributed by atoms with E-state index in [-0.39, 0.29) is 11.4 Å². The lowest BCUT2D eigenvalue weighted by atomic mass is 10.1. The Morgan fingerprint density at radius 3 is 2.71 bits per heavy atom. The lowest BCUT2D eigenvalue weighted by Gasteiger charge is -2.24. The first-order chi connectivity index (χ1) is 9.89. The molecule has 1 aromatic carbocycles. The van der Waals surface area contributed by atoms with Gasteiger partial charge in [0.25, 0.3) is 0 Å². The number of nitrogen functional groups attached to an aromatic ring is 1. The number of nitrogens with zero attached hydrogens (tertiary/aromatic N) is 2. The average molecular weight is 287 g/mol. The van der Waals surface area contributed by atoms with Crippen LogP contribution in [0, 0.1) is 0 Å². The van der Waals surface area contributed by atoms with Gasteiger partial charge in [-0.25, -0.2) is 0 Å². The van der Waals surface area contributed by atoms with Crippen LogP contribution in [0.4, 0.5) is 5.69 Å². The molecule has 0 aliphatic carbocycles. The highest BCUT2D eigenvalue weighted by Gasteiger charge is 2.27. The highest BCUT2D eigenvalue weighted by Crippen LogP contribution is 2.38. The number of ether oxygens (including phenoxy) is 1. The molecule has 0 saturated carbocycles. The van der Waals surface area contributed by atoms with Crippen LogP contribution in [0.2, 0.25) is 0 Å². The smallest absolute Gasteiger partial charge is 0.202 e. The van der Waals surface area contributed by atoms with E-state index in [2.05, 4.69) is 25.8 Å². The van der Waals surface area contributed by atoms with E-state index in [9.17, 15) is 5.11 Å². The van der Waals surface area contributed by atoms with Gasteiger partial charge in [0.1, 0.15) is 0 Å². The van der Waals surface area contributed by atoms with Crippen LogP contribution in [0.3, 0.4) is 0 Å². The minimum Gasteiger partial charge on any atom is -0.494 e. The third-order valence-corrected chi connectivity index (χ3v) is 3.70. The van der Waals surface area contributed by atoms with Crippen molar-refractivity contribution in [2.75, 3.05) is 25.5 Å². The molecule has 2 aromatic rings. The molecule has 3 N–H and O–H groups in total. The first-order valence-electron chi connectivity index (χ1n) is 7.14. The summed E-state index contributed by atoms with van der Waals surface area (Å²) in [4.78, 5) is 4.51. The molecule has 0 spiro atoms. The number of fused-ring (bicyclic) bond motifs is 1. The number of hydrogen-bond acceptors (Lipinski definition) is 4. The Bertz CT molecular complexity index is 723. The summed E-state index contributed by atoms with van der Waals surface area (Å²) in [6, 6.07) is 5.69. The van der Waals surface area contributed by atoms with E-state index in [1.165, 1.54) is 0 Å². The van der Waals surface area contributed by atoms with Gasteiger partial charge in [-0.3, -0.25) is 4.99 Å². The predicted molar refractivity (Wildman–Crippen MR) is 85.2 cm³/mol. The lowest BCUT2D eigenvalue weighted by molar-refractivity contribution is 0.171. The van der Waals surface area contributed by atoms with Gasteiger partial charge in [0.2, 0.25) is 5.88 Å². The molecule has 0 unspecified atom stereocenters. The van der Waals surface area contributed by atoms with Crippen molar-refractivity contribution in [3.63, 3.8) is 0 Å². The Labute approximate surface area is 124 Å². The van der Waals surface area contributed by atoms with E-state index in [0.29, 0.717) is 25.4 Å². The minimum absolute atomic E-state index is 0.229. The molecular formula is C16H21N3O2. The van der Waals surface area contributed by atoms with Crippen molar-refractivity contribution < 1.29 is 9.84 Å². The van der Waals surface area contributed by atoms with Crippen molar-refractivity contribution in [3.05, 3.63) is 23.8 Å². The zero-order valence-electron chi connectivity index (χ0n) is 12.7. The van der Waals surface area contributed by atoms with Crippen molar-refractivity contribution in [1.82, 2.24) is 4.57 Å². The number of benzene rings is 1. The number of anilines is 1. The van der Waals surface area contributed by atoms with Crippen LogP contribution in [0.5, 0.6) is 5.88 Å². The Balaban J connectivity index is 2.35. The van der Waals surface area contributed by atoms with Crippen LogP contribution in [0.15, 0.2) is 23.2 Å². The van der Waals surface area contributed by atoms with E-state index >= 15 is 0 Å². The number of rotatable bonds is 1. The van der Waals surface area contributed by atoms with Gasteiger partial charge >= 0.3 is 0 Å². The third kappa shape index (κ3) is 2.27. The van der Waals surface area contributed by atoms with E-state index in [4.69, 9.17) is 10.5 Å². The molecule has 0 saturated heterocycles. The fourth-order valence-electron chi connectivity index (χ4n) is 2.87. The predicted octanol–water partition coefficient (Wildman–Crippen LogP) is 2.50. The number of aliphatic imine (C=N–C) groups is 1. The molecule has 5 heteroatoms. The van der Waals surface area contributed by atoms with Gasteiger partial charge < -0.3 is 20.1 Å². The number of aromatic nitrogens is 1. The maximum Gasteiger partial charge on any atom is 0.202 e. The van der Waals surface area contributed by atoms with Crippen LogP contribution in [0.1, 0.15) is 26.3 Å². The fraction of sp³-hybridized carbons (Fsp3) is 0.438. The van der Waals surface area contributed by atoms with Crippen LogP contribution in [0.25, 0.3) is 10.9 Å². The molecule has 0 atom stereocenters. The highest BCUT2D eigenvalue weighted by molar-refractivity contribution is 6.14. The summed E-state index contributed by atoms with van der Waals surface area (Å²) in [6.07, 6.45) is 0. The second-order valence-electron chi connectivity index (χ2n) is 6.36. The largest absolute Gasteiger partial charge is 0.494 e. The summed E-state index contributed by atoms with van der Waals surface area (Å²) in [5.74, 6) is 0.229. The summed E-state index contributed by atoms with van der Waals surface area (Å²) in [7, 11) is 0. The van der Waals surface area contributed by atoms with Gasteiger partial charge in [-0.15, -0.1) is 0 Å². The molecule has 0 bridgehead atoms. The normalized spacial score (nSPS) is 16.2. The van der Waals surface area contributed by atoms with Crippen molar-refractivity contribution in [3.8, 4) is 5.88 Å². The molecule has 21 heavy (non-hydrogen) atoms. The highest BCUT2D eigenvalue weighted by atomic mass is 16.5. The topological polar surface area (TPSA) is 72.8 Å². The van der Waals surface area contributed by atoms with Crippen LogP contribution in [-0.2, 0) is 10.3 Å². The second-order valence-corrected chi connectivity index (χ2v) is 6.36. The first kappa shape index (κ1) is 13.9. The molecular weight excluding hydrogens is 266 g/mol. The van der Waals surface area contributed by atoms with Gasteiger partial charge in [-0.1, -0.05) is 0 Å². The van der Waals surface area contributed by atoms with Crippen molar-refractivity contribution >= 4 is 22.3 Å². The zero-order valence-corrected chi connectivity index (χ0v) is 12.7. The van der Waals surface area contributed by atoms with E-state index in [1.807, 2.05) is 22.8 Å². The molecule has 0 radical (unpaired) electrons. The zero-order chi connectivity index (χ0) is 15.2. The monoisotopic (exact) mass is 287 g/mol. The maximum absolute atomic E-state index is 10.8. The molecule has 2 heterocycles. The Kier molecular flexibility index (Phi) is 3.17. The summed E-state index contributed by atoms with van der Waals surface area (Å²) in [5, 5.41) is 11.7. The van der Waals surface area contributed by atoms with Crippen molar-refractivity contribution in [1.29, 1.82) is 0 Å². The van der Waals surface area contributed by atoms with E-state index < -0.39 is 0 Å². The van der Waals surface area contributed by atoms with Crippen LogP contribution in [-0.4, -0.2) is 35.1 Å². The molecule has 3 rings (SSSR count). The van der Waals surface area contributed by atoms with Gasteiger partial charge in [0.15, 0.2) is 0 Å². The Morgan fingerprint density at radius 2 is 2.10 bits per heavy atom. The fourth-order valence-corrected chi connectivity index (χ4v) is 2.87. The van der Waals surface area contributed by atoms with Gasteiger partial charge in [0.05, 0.1) is 36.6 Å². The quantitative estimate of drug-likeness (QED) is 0.791. The third-order valence-electron chi connectivity index (χ3n) is 3.70. The van der Waals surface area contributed by atoms with E-state index in [0.717, 1.165) is 22.2 Å². The molecule has 0 fully saturated rings. The molecule has 0 amide bonds. The molecule has 5 nitrogen and oxygen atoms in total. The van der Waals surface area contributed by atoms with Gasteiger partial charge in [-0.05, 0) is 39.0 Å². The lowest BCUT2D eigenvalue weighted by Crippen LogP contribution is -2.22. The maximum atomic E-state index is 10.8. The molecule has 112 valence electrons. The van der Waals surface area contributed by atoms with Gasteiger partial charge in [0, 0.05) is 16.6 Å². The van der Waals surface area contributed by atoms with Crippen molar-refractivity contribution in [2.24, 2.45) is 4.99 Å². The minimum atomic E-state index is -0.243.